The number of rotatable bonds is 6. The number of carboxylic acids is 1. The number of hydrogen-bond donors (Lipinski definition) is 2. The molecule has 0 aliphatic rings. The highest BCUT2D eigenvalue weighted by Gasteiger charge is 2.13. The zero-order valence-corrected chi connectivity index (χ0v) is 10.4. The number of carbonyl (C=O) groups excluding carboxylic acids is 1. The van der Waals surface area contributed by atoms with Crippen molar-refractivity contribution in [3.8, 4) is 0 Å². The Hall–Kier alpha value is -2.04. The van der Waals surface area contributed by atoms with E-state index < -0.39 is 5.97 Å². The van der Waals surface area contributed by atoms with Crippen LogP contribution in [0.4, 0.5) is 5.69 Å². The van der Waals surface area contributed by atoms with Crippen molar-refractivity contribution in [1.29, 1.82) is 0 Å². The fourth-order valence-corrected chi connectivity index (χ4v) is 1.61. The van der Waals surface area contributed by atoms with Crippen LogP contribution in [0.3, 0.4) is 0 Å². The summed E-state index contributed by atoms with van der Waals surface area (Å²) in [6.45, 7) is 2.60. The van der Waals surface area contributed by atoms with Crippen LogP contribution in [-0.4, -0.2) is 35.0 Å². The summed E-state index contributed by atoms with van der Waals surface area (Å²) in [5, 5.41) is 8.61. The molecule has 1 rings (SSSR count). The molecule has 18 heavy (non-hydrogen) atoms. The number of carboxylic acid groups (broad SMARTS) is 1. The van der Waals surface area contributed by atoms with Gasteiger partial charge in [0.2, 0.25) is 5.91 Å². The average Bonchev–Trinajstić information content (AvgIpc) is 2.32. The molecule has 0 spiro atoms. The van der Waals surface area contributed by atoms with Crippen LogP contribution in [0.5, 0.6) is 0 Å². The van der Waals surface area contributed by atoms with E-state index in [2.05, 4.69) is 0 Å². The quantitative estimate of drug-likeness (QED) is 0.741. The summed E-state index contributed by atoms with van der Waals surface area (Å²) in [5.74, 6) is -0.961. The Kier molecular flexibility index (Phi) is 5.17. The van der Waals surface area contributed by atoms with Crippen molar-refractivity contribution in [2.75, 3.05) is 18.8 Å². The number of anilines is 1. The van der Waals surface area contributed by atoms with Crippen LogP contribution in [0.1, 0.15) is 18.9 Å². The predicted molar refractivity (Wildman–Crippen MR) is 69.1 cm³/mol. The highest BCUT2D eigenvalue weighted by atomic mass is 16.4. The fraction of sp³-hybridized carbons (Fsp3) is 0.385. The van der Waals surface area contributed by atoms with Gasteiger partial charge in [-0.15, -0.1) is 0 Å². The van der Waals surface area contributed by atoms with Gasteiger partial charge in [-0.25, -0.2) is 0 Å². The largest absolute Gasteiger partial charge is 0.481 e. The van der Waals surface area contributed by atoms with Crippen LogP contribution in [-0.2, 0) is 16.0 Å². The van der Waals surface area contributed by atoms with Gasteiger partial charge in [0.05, 0.1) is 12.8 Å². The molecule has 5 nitrogen and oxygen atoms in total. The van der Waals surface area contributed by atoms with Gasteiger partial charge in [0.1, 0.15) is 0 Å². The maximum Gasteiger partial charge on any atom is 0.305 e. The lowest BCUT2D eigenvalue weighted by atomic mass is 10.1. The van der Waals surface area contributed by atoms with Crippen molar-refractivity contribution in [3.05, 3.63) is 29.8 Å². The molecule has 0 fully saturated rings. The number of nitrogen functional groups attached to an aromatic ring is 1. The minimum atomic E-state index is -0.895. The third-order valence-electron chi connectivity index (χ3n) is 2.67. The Morgan fingerprint density at radius 3 is 2.39 bits per heavy atom. The number of likely N-dealkylation sites (N-methyl/N-ethyl adjacent to an activating group) is 1. The molecule has 98 valence electrons. The van der Waals surface area contributed by atoms with Gasteiger partial charge in [-0.1, -0.05) is 12.1 Å². The lowest BCUT2D eigenvalue weighted by Gasteiger charge is -2.20. The minimum Gasteiger partial charge on any atom is -0.481 e. The van der Waals surface area contributed by atoms with E-state index in [0.29, 0.717) is 12.2 Å². The number of nitrogens with two attached hydrogens (primary N) is 1. The molecule has 3 N–H and O–H groups in total. The molecule has 0 aliphatic heterocycles. The van der Waals surface area contributed by atoms with E-state index in [0.717, 1.165) is 5.56 Å². The molecule has 0 aromatic heterocycles. The van der Waals surface area contributed by atoms with Crippen molar-refractivity contribution in [2.24, 2.45) is 0 Å². The lowest BCUT2D eigenvalue weighted by molar-refractivity contribution is -0.138. The van der Waals surface area contributed by atoms with Crippen LogP contribution in [0, 0.1) is 0 Å². The van der Waals surface area contributed by atoms with Crippen LogP contribution < -0.4 is 5.73 Å². The van der Waals surface area contributed by atoms with E-state index in [9.17, 15) is 9.59 Å². The van der Waals surface area contributed by atoms with E-state index in [1.54, 1.807) is 29.2 Å². The second-order valence-corrected chi connectivity index (χ2v) is 4.04. The Balaban J connectivity index is 2.56. The van der Waals surface area contributed by atoms with Crippen molar-refractivity contribution < 1.29 is 14.7 Å². The molecule has 0 radical (unpaired) electrons. The average molecular weight is 250 g/mol. The predicted octanol–water partition coefficient (Wildman–Crippen LogP) is 1.13. The summed E-state index contributed by atoms with van der Waals surface area (Å²) in [5.41, 5.74) is 7.10. The third kappa shape index (κ3) is 4.45. The number of nitrogens with zero attached hydrogens (tertiary/aromatic N) is 1. The lowest BCUT2D eigenvalue weighted by Crippen LogP contribution is -2.34. The zero-order chi connectivity index (χ0) is 13.5. The van der Waals surface area contributed by atoms with E-state index in [4.69, 9.17) is 10.8 Å². The SMILES string of the molecule is CCN(CCC(=O)O)C(=O)Cc1ccc(N)cc1. The van der Waals surface area contributed by atoms with Gasteiger partial charge in [-0.2, -0.15) is 0 Å². The summed E-state index contributed by atoms with van der Waals surface area (Å²) in [7, 11) is 0. The first-order valence-corrected chi connectivity index (χ1v) is 5.87. The Bertz CT molecular complexity index is 415. The summed E-state index contributed by atoms with van der Waals surface area (Å²) in [4.78, 5) is 24.0. The third-order valence-corrected chi connectivity index (χ3v) is 2.67. The molecule has 0 heterocycles. The maximum atomic E-state index is 11.9. The first kappa shape index (κ1) is 14.0. The monoisotopic (exact) mass is 250 g/mol. The highest BCUT2D eigenvalue weighted by molar-refractivity contribution is 5.79. The van der Waals surface area contributed by atoms with Crippen LogP contribution in [0.2, 0.25) is 0 Å². The molecule has 1 amide bonds. The van der Waals surface area contributed by atoms with Crippen LogP contribution in [0.15, 0.2) is 24.3 Å². The standard InChI is InChI=1S/C13H18N2O3/c1-2-15(8-7-13(17)18)12(16)9-10-3-5-11(14)6-4-10/h3-6H,2,7-9,14H2,1H3,(H,17,18). The zero-order valence-electron chi connectivity index (χ0n) is 10.4. The van der Waals surface area contributed by atoms with Gasteiger partial charge in [-0.3, -0.25) is 9.59 Å². The second kappa shape index (κ2) is 6.64. The van der Waals surface area contributed by atoms with Gasteiger partial charge in [0.15, 0.2) is 0 Å². The Morgan fingerprint density at radius 1 is 1.28 bits per heavy atom. The molecule has 0 aliphatic carbocycles. The van der Waals surface area contributed by atoms with Crippen molar-refractivity contribution in [2.45, 2.75) is 19.8 Å². The molecule has 0 saturated carbocycles. The number of benzene rings is 1. The Morgan fingerprint density at radius 2 is 1.89 bits per heavy atom. The van der Waals surface area contributed by atoms with Gasteiger partial charge in [-0.05, 0) is 24.6 Å². The molecule has 1 aromatic rings. The number of hydrogen-bond acceptors (Lipinski definition) is 3. The van der Waals surface area contributed by atoms with Gasteiger partial charge < -0.3 is 15.7 Å². The van der Waals surface area contributed by atoms with Crippen LogP contribution in [0.25, 0.3) is 0 Å². The Labute approximate surface area is 106 Å². The first-order chi connectivity index (χ1) is 8.52. The molecular formula is C13H18N2O3. The number of carbonyl (C=O) groups is 2. The van der Waals surface area contributed by atoms with Gasteiger partial charge in [0, 0.05) is 18.8 Å². The highest BCUT2D eigenvalue weighted by Crippen LogP contribution is 2.08. The molecular weight excluding hydrogens is 232 g/mol. The molecule has 0 atom stereocenters. The molecule has 0 unspecified atom stereocenters. The summed E-state index contributed by atoms with van der Waals surface area (Å²) in [6.07, 6.45) is 0.245. The van der Waals surface area contributed by atoms with Crippen molar-refractivity contribution in [3.63, 3.8) is 0 Å². The van der Waals surface area contributed by atoms with E-state index >= 15 is 0 Å². The van der Waals surface area contributed by atoms with Crippen molar-refractivity contribution >= 4 is 17.6 Å². The number of amides is 1. The number of aliphatic carboxylic acids is 1. The molecule has 1 aromatic carbocycles. The van der Waals surface area contributed by atoms with Crippen LogP contribution >= 0.6 is 0 Å². The summed E-state index contributed by atoms with van der Waals surface area (Å²) >= 11 is 0. The van der Waals surface area contributed by atoms with Gasteiger partial charge >= 0.3 is 5.97 Å². The summed E-state index contributed by atoms with van der Waals surface area (Å²) in [6, 6.07) is 7.10. The van der Waals surface area contributed by atoms with Crippen molar-refractivity contribution in [1.82, 2.24) is 4.90 Å². The molecule has 5 heteroatoms. The van der Waals surface area contributed by atoms with E-state index in [-0.39, 0.29) is 25.3 Å². The molecule has 0 bridgehead atoms. The van der Waals surface area contributed by atoms with Gasteiger partial charge in [0.25, 0.3) is 0 Å². The second-order valence-electron chi connectivity index (χ2n) is 4.04. The smallest absolute Gasteiger partial charge is 0.305 e. The van der Waals surface area contributed by atoms with E-state index in [1.165, 1.54) is 0 Å². The normalized spacial score (nSPS) is 10.1. The molecule has 0 saturated heterocycles. The summed E-state index contributed by atoms with van der Waals surface area (Å²) < 4.78 is 0. The first-order valence-electron chi connectivity index (χ1n) is 5.87. The minimum absolute atomic E-state index is 0.0265. The van der Waals surface area contributed by atoms with E-state index in [1.807, 2.05) is 6.92 Å². The maximum absolute atomic E-state index is 11.9. The fourth-order valence-electron chi connectivity index (χ4n) is 1.61. The topological polar surface area (TPSA) is 83.6 Å².